The summed E-state index contributed by atoms with van der Waals surface area (Å²) in [5.41, 5.74) is 5.49. The molecule has 0 aromatic carbocycles. The predicted molar refractivity (Wildman–Crippen MR) is 75.7 cm³/mol. The summed E-state index contributed by atoms with van der Waals surface area (Å²) in [5.74, 6) is 0.795. The van der Waals surface area contributed by atoms with E-state index in [9.17, 15) is 4.79 Å². The van der Waals surface area contributed by atoms with Crippen LogP contribution in [0, 0.1) is 11.3 Å². The topological polar surface area (TPSA) is 64.4 Å². The molecular formula is C15H28N2O2. The lowest BCUT2D eigenvalue weighted by Crippen LogP contribution is -2.52. The van der Waals surface area contributed by atoms with Gasteiger partial charge in [0.15, 0.2) is 0 Å². The molecule has 0 aromatic heterocycles. The number of ether oxygens (including phenoxy) is 1. The van der Waals surface area contributed by atoms with E-state index in [2.05, 4.69) is 12.2 Å². The van der Waals surface area contributed by atoms with Crippen LogP contribution < -0.4 is 11.1 Å². The fraction of sp³-hybridized carbons (Fsp3) is 0.933. The summed E-state index contributed by atoms with van der Waals surface area (Å²) in [6.45, 7) is 3.89. The van der Waals surface area contributed by atoms with Crippen molar-refractivity contribution in [1.82, 2.24) is 5.32 Å². The summed E-state index contributed by atoms with van der Waals surface area (Å²) >= 11 is 0. The van der Waals surface area contributed by atoms with E-state index in [1.165, 1.54) is 32.1 Å². The van der Waals surface area contributed by atoms with E-state index in [0.717, 1.165) is 12.8 Å². The first-order valence-electron chi connectivity index (χ1n) is 7.77. The number of amides is 1. The summed E-state index contributed by atoms with van der Waals surface area (Å²) in [7, 11) is 0. The van der Waals surface area contributed by atoms with Gasteiger partial charge in [-0.3, -0.25) is 4.79 Å². The molecule has 2 aliphatic rings. The Hall–Kier alpha value is -0.610. The van der Waals surface area contributed by atoms with Crippen molar-refractivity contribution in [3.63, 3.8) is 0 Å². The highest BCUT2D eigenvalue weighted by Crippen LogP contribution is 2.31. The van der Waals surface area contributed by atoms with Crippen LogP contribution in [0.2, 0.25) is 0 Å². The lowest BCUT2D eigenvalue weighted by atomic mass is 9.78. The zero-order chi connectivity index (χ0) is 13.7. The molecule has 0 unspecified atom stereocenters. The quantitative estimate of drug-likeness (QED) is 0.817. The van der Waals surface area contributed by atoms with Gasteiger partial charge in [0, 0.05) is 25.8 Å². The summed E-state index contributed by atoms with van der Waals surface area (Å²) in [6.07, 6.45) is 7.97. The minimum atomic E-state index is -0.388. The Morgan fingerprint density at radius 2 is 1.95 bits per heavy atom. The molecule has 19 heavy (non-hydrogen) atoms. The Morgan fingerprint density at radius 3 is 2.53 bits per heavy atom. The highest BCUT2D eigenvalue weighted by atomic mass is 16.5. The fourth-order valence-corrected chi connectivity index (χ4v) is 3.40. The second-order valence-electron chi connectivity index (χ2n) is 6.26. The maximum Gasteiger partial charge on any atom is 0.227 e. The van der Waals surface area contributed by atoms with E-state index in [0.29, 0.717) is 25.7 Å². The van der Waals surface area contributed by atoms with E-state index in [1.54, 1.807) is 0 Å². The average Bonchev–Trinajstić information content (AvgIpc) is 2.48. The van der Waals surface area contributed by atoms with Crippen molar-refractivity contribution in [1.29, 1.82) is 0 Å². The van der Waals surface area contributed by atoms with Crippen LogP contribution in [0.5, 0.6) is 0 Å². The molecule has 0 aromatic rings. The van der Waals surface area contributed by atoms with Gasteiger partial charge in [0.2, 0.25) is 5.91 Å². The van der Waals surface area contributed by atoms with Gasteiger partial charge in [0.1, 0.15) is 0 Å². The summed E-state index contributed by atoms with van der Waals surface area (Å²) < 4.78 is 5.36. The molecule has 1 atom stereocenters. The smallest absolute Gasteiger partial charge is 0.227 e. The van der Waals surface area contributed by atoms with E-state index in [4.69, 9.17) is 10.5 Å². The van der Waals surface area contributed by atoms with Gasteiger partial charge in [-0.05, 0) is 38.5 Å². The molecule has 1 aliphatic carbocycles. The Kier molecular flexibility index (Phi) is 5.22. The molecule has 1 amide bonds. The standard InChI is InChI=1S/C15H28N2O2/c1-12(13-5-3-2-4-6-13)17-14(18)15(11-16)7-9-19-10-8-15/h12-13H,2-11,16H2,1H3,(H,17,18)/t12-/m1/s1. The molecule has 1 saturated carbocycles. The van der Waals surface area contributed by atoms with Crippen LogP contribution in [0.1, 0.15) is 51.9 Å². The molecule has 1 heterocycles. The van der Waals surface area contributed by atoms with Crippen molar-refractivity contribution >= 4 is 5.91 Å². The van der Waals surface area contributed by atoms with Gasteiger partial charge in [-0.1, -0.05) is 19.3 Å². The maximum atomic E-state index is 12.6. The molecule has 4 heteroatoms. The second kappa shape index (κ2) is 6.71. The lowest BCUT2D eigenvalue weighted by molar-refractivity contribution is -0.137. The molecule has 4 nitrogen and oxygen atoms in total. The van der Waals surface area contributed by atoms with E-state index < -0.39 is 0 Å². The van der Waals surface area contributed by atoms with E-state index in [1.807, 2.05) is 0 Å². The van der Waals surface area contributed by atoms with Crippen molar-refractivity contribution in [2.24, 2.45) is 17.1 Å². The maximum absolute atomic E-state index is 12.6. The van der Waals surface area contributed by atoms with Crippen LogP contribution in [0.3, 0.4) is 0 Å². The zero-order valence-electron chi connectivity index (χ0n) is 12.1. The minimum Gasteiger partial charge on any atom is -0.381 e. The minimum absolute atomic E-state index is 0.149. The Balaban J connectivity index is 1.90. The van der Waals surface area contributed by atoms with Gasteiger partial charge >= 0.3 is 0 Å². The molecule has 110 valence electrons. The number of carbonyl (C=O) groups is 1. The van der Waals surface area contributed by atoms with Gasteiger partial charge in [0.05, 0.1) is 5.41 Å². The molecular weight excluding hydrogens is 240 g/mol. The van der Waals surface area contributed by atoms with Crippen molar-refractivity contribution in [2.75, 3.05) is 19.8 Å². The molecule has 0 spiro atoms. The number of hydrogen-bond acceptors (Lipinski definition) is 3. The number of carbonyl (C=O) groups excluding carboxylic acids is 1. The van der Waals surface area contributed by atoms with Gasteiger partial charge in [0.25, 0.3) is 0 Å². The third-order valence-corrected chi connectivity index (χ3v) is 5.04. The lowest BCUT2D eigenvalue weighted by Gasteiger charge is -2.37. The van der Waals surface area contributed by atoms with Gasteiger partial charge < -0.3 is 15.8 Å². The first-order chi connectivity index (χ1) is 9.18. The van der Waals surface area contributed by atoms with E-state index in [-0.39, 0.29) is 17.4 Å². The second-order valence-corrected chi connectivity index (χ2v) is 6.26. The van der Waals surface area contributed by atoms with Gasteiger partial charge in [-0.2, -0.15) is 0 Å². The summed E-state index contributed by atoms with van der Waals surface area (Å²) in [6, 6.07) is 0.277. The largest absolute Gasteiger partial charge is 0.381 e. The number of nitrogens with one attached hydrogen (secondary N) is 1. The molecule has 2 fully saturated rings. The Bertz CT molecular complexity index is 295. The molecule has 1 saturated heterocycles. The Labute approximate surface area is 116 Å². The first-order valence-corrected chi connectivity index (χ1v) is 7.77. The third-order valence-electron chi connectivity index (χ3n) is 5.04. The van der Waals surface area contributed by atoms with E-state index >= 15 is 0 Å². The van der Waals surface area contributed by atoms with Crippen LogP contribution in [0.25, 0.3) is 0 Å². The SMILES string of the molecule is C[C@@H](NC(=O)C1(CN)CCOCC1)C1CCCCC1. The predicted octanol–water partition coefficient (Wildman–Crippen LogP) is 1.83. The van der Waals surface area contributed by atoms with Gasteiger partial charge in [-0.25, -0.2) is 0 Å². The van der Waals surface area contributed by atoms with Crippen LogP contribution >= 0.6 is 0 Å². The summed E-state index contributed by atoms with van der Waals surface area (Å²) in [4.78, 5) is 12.6. The first kappa shape index (κ1) is 14.8. The summed E-state index contributed by atoms with van der Waals surface area (Å²) in [5, 5.41) is 3.24. The molecule has 0 bridgehead atoms. The molecule has 3 N–H and O–H groups in total. The van der Waals surface area contributed by atoms with Crippen molar-refractivity contribution < 1.29 is 9.53 Å². The average molecular weight is 268 g/mol. The fourth-order valence-electron chi connectivity index (χ4n) is 3.40. The molecule has 1 aliphatic heterocycles. The normalized spacial score (nSPS) is 25.8. The van der Waals surface area contributed by atoms with Crippen LogP contribution in [-0.4, -0.2) is 31.7 Å². The third kappa shape index (κ3) is 3.48. The molecule has 2 rings (SSSR count). The molecule has 0 radical (unpaired) electrons. The highest BCUT2D eigenvalue weighted by Gasteiger charge is 2.39. The number of rotatable bonds is 4. The zero-order valence-corrected chi connectivity index (χ0v) is 12.1. The van der Waals surface area contributed by atoms with Crippen molar-refractivity contribution in [3.8, 4) is 0 Å². The van der Waals surface area contributed by atoms with Crippen LogP contribution in [-0.2, 0) is 9.53 Å². The monoisotopic (exact) mass is 268 g/mol. The van der Waals surface area contributed by atoms with Crippen molar-refractivity contribution in [3.05, 3.63) is 0 Å². The van der Waals surface area contributed by atoms with Crippen LogP contribution in [0.15, 0.2) is 0 Å². The Morgan fingerprint density at radius 1 is 1.32 bits per heavy atom. The number of nitrogens with two attached hydrogens (primary N) is 1. The van der Waals surface area contributed by atoms with Crippen LogP contribution in [0.4, 0.5) is 0 Å². The highest BCUT2D eigenvalue weighted by molar-refractivity contribution is 5.83. The van der Waals surface area contributed by atoms with Gasteiger partial charge in [-0.15, -0.1) is 0 Å². The number of hydrogen-bond donors (Lipinski definition) is 2. The van der Waals surface area contributed by atoms with Crippen molar-refractivity contribution in [2.45, 2.75) is 57.9 Å².